The highest BCUT2D eigenvalue weighted by Crippen LogP contribution is 2.28. The van der Waals surface area contributed by atoms with Gasteiger partial charge in [0.05, 0.1) is 6.04 Å². The lowest BCUT2D eigenvalue weighted by Crippen LogP contribution is -2.52. The molecule has 6 nitrogen and oxygen atoms in total. The average Bonchev–Trinajstić information content (AvgIpc) is 2.90. The first kappa shape index (κ1) is 14.9. The van der Waals surface area contributed by atoms with E-state index in [1.807, 2.05) is 23.1 Å². The van der Waals surface area contributed by atoms with Crippen LogP contribution in [0.5, 0.6) is 0 Å². The lowest BCUT2D eigenvalue weighted by atomic mass is 9.97. The molecule has 0 aromatic heterocycles. The van der Waals surface area contributed by atoms with Crippen molar-refractivity contribution in [1.82, 2.24) is 10.2 Å². The highest BCUT2D eigenvalue weighted by atomic mass is 16.2. The number of aldehydes is 1. The van der Waals surface area contributed by atoms with E-state index in [-0.39, 0.29) is 11.9 Å². The van der Waals surface area contributed by atoms with Crippen LogP contribution in [0.4, 0.5) is 0 Å². The van der Waals surface area contributed by atoms with E-state index in [4.69, 9.17) is 5.73 Å². The van der Waals surface area contributed by atoms with E-state index in [1.54, 1.807) is 0 Å². The normalized spacial score (nSPS) is 24.2. The van der Waals surface area contributed by atoms with Gasteiger partial charge in [-0.2, -0.15) is 0 Å². The van der Waals surface area contributed by atoms with Crippen molar-refractivity contribution in [2.24, 2.45) is 5.73 Å². The molecule has 2 heterocycles. The van der Waals surface area contributed by atoms with E-state index in [1.165, 1.54) is 0 Å². The molecule has 0 radical (unpaired) electrons. The number of benzene rings is 1. The van der Waals surface area contributed by atoms with Crippen molar-refractivity contribution in [3.63, 3.8) is 0 Å². The first-order valence-electron chi connectivity index (χ1n) is 7.49. The average molecular weight is 301 g/mol. The molecule has 0 aliphatic carbocycles. The minimum atomic E-state index is -0.415. The summed E-state index contributed by atoms with van der Waals surface area (Å²) in [6.45, 7) is 1.58. The lowest BCUT2D eigenvalue weighted by Gasteiger charge is -2.34. The number of Topliss-reactive ketones (excluding diaryl/α,β-unsaturated/α-hetero) is 1. The molecule has 1 amide bonds. The molecule has 1 aromatic carbocycles. The number of rotatable bonds is 4. The number of nitrogens with zero attached hydrogens (tertiary/aromatic N) is 1. The molecule has 2 aliphatic heterocycles. The fraction of sp³-hybridized carbons (Fsp3) is 0.438. The molecule has 1 saturated heterocycles. The monoisotopic (exact) mass is 301 g/mol. The van der Waals surface area contributed by atoms with Crippen LogP contribution in [0.25, 0.3) is 0 Å². The maximum Gasteiger partial charge on any atom is 0.254 e. The third-order valence-corrected chi connectivity index (χ3v) is 4.53. The Bertz CT molecular complexity index is 621. The molecule has 0 bridgehead atoms. The van der Waals surface area contributed by atoms with Gasteiger partial charge < -0.3 is 16.0 Å². The summed E-state index contributed by atoms with van der Waals surface area (Å²) in [6.07, 6.45) is 1.67. The molecule has 0 spiro atoms. The van der Waals surface area contributed by atoms with E-state index >= 15 is 0 Å². The molecular weight excluding hydrogens is 282 g/mol. The highest BCUT2D eigenvalue weighted by molar-refractivity contribution is 6.27. The van der Waals surface area contributed by atoms with Gasteiger partial charge in [-0.15, -0.1) is 0 Å². The van der Waals surface area contributed by atoms with Crippen molar-refractivity contribution in [2.75, 3.05) is 6.54 Å². The molecule has 0 saturated carbocycles. The largest absolute Gasteiger partial charge is 0.330 e. The minimum Gasteiger partial charge on any atom is -0.330 e. The molecule has 3 N–H and O–H groups in total. The number of fused-ring (bicyclic) bond motifs is 1. The van der Waals surface area contributed by atoms with Crippen LogP contribution in [0.3, 0.4) is 0 Å². The molecule has 1 fully saturated rings. The maximum atomic E-state index is 12.5. The second-order valence-electron chi connectivity index (χ2n) is 5.84. The van der Waals surface area contributed by atoms with Gasteiger partial charge in [0.25, 0.3) is 5.91 Å². The number of hydrogen-bond acceptors (Lipinski definition) is 5. The highest BCUT2D eigenvalue weighted by Gasteiger charge is 2.35. The van der Waals surface area contributed by atoms with Gasteiger partial charge in [-0.3, -0.25) is 14.4 Å². The molecule has 2 unspecified atom stereocenters. The Hall–Kier alpha value is -2.05. The summed E-state index contributed by atoms with van der Waals surface area (Å²) < 4.78 is 0. The number of piperidine rings is 1. The van der Waals surface area contributed by atoms with Crippen LogP contribution in [-0.2, 0) is 22.7 Å². The Kier molecular flexibility index (Phi) is 4.04. The van der Waals surface area contributed by atoms with Crippen LogP contribution in [0.1, 0.15) is 34.3 Å². The molecule has 22 heavy (non-hydrogen) atoms. The Morgan fingerprint density at radius 1 is 1.41 bits per heavy atom. The fourth-order valence-electron chi connectivity index (χ4n) is 3.25. The Labute approximate surface area is 128 Å². The van der Waals surface area contributed by atoms with Crippen LogP contribution in [0.2, 0.25) is 0 Å². The number of amides is 1. The summed E-state index contributed by atoms with van der Waals surface area (Å²) in [7, 11) is 0. The number of hydrogen-bond donors (Lipinski definition) is 2. The zero-order chi connectivity index (χ0) is 15.7. The second-order valence-corrected chi connectivity index (χ2v) is 5.84. The zero-order valence-electron chi connectivity index (χ0n) is 12.2. The van der Waals surface area contributed by atoms with Gasteiger partial charge in [0.2, 0.25) is 5.78 Å². The Morgan fingerprint density at radius 2 is 2.23 bits per heavy atom. The molecular formula is C16H19N3O3. The maximum absolute atomic E-state index is 12.5. The Balaban J connectivity index is 1.69. The molecule has 116 valence electrons. The van der Waals surface area contributed by atoms with Gasteiger partial charge >= 0.3 is 0 Å². The second kappa shape index (κ2) is 5.98. The third kappa shape index (κ3) is 2.55. The van der Waals surface area contributed by atoms with Gasteiger partial charge in [-0.1, -0.05) is 12.1 Å². The van der Waals surface area contributed by atoms with Crippen LogP contribution in [0.15, 0.2) is 18.2 Å². The van der Waals surface area contributed by atoms with Crippen molar-refractivity contribution in [3.05, 3.63) is 34.9 Å². The van der Waals surface area contributed by atoms with Gasteiger partial charge in [0.15, 0.2) is 6.29 Å². The molecule has 6 heteroatoms. The van der Waals surface area contributed by atoms with Crippen molar-refractivity contribution in [1.29, 1.82) is 0 Å². The van der Waals surface area contributed by atoms with Crippen molar-refractivity contribution in [3.8, 4) is 0 Å². The first-order valence-corrected chi connectivity index (χ1v) is 7.49. The molecule has 2 aliphatic rings. The van der Waals surface area contributed by atoms with Crippen LogP contribution in [-0.4, -0.2) is 41.5 Å². The predicted octanol–water partition coefficient (Wildman–Crippen LogP) is -0.0103. The first-order chi connectivity index (χ1) is 10.6. The molecule has 2 atom stereocenters. The van der Waals surface area contributed by atoms with E-state index in [9.17, 15) is 14.4 Å². The van der Waals surface area contributed by atoms with E-state index in [0.29, 0.717) is 32.3 Å². The van der Waals surface area contributed by atoms with Gasteiger partial charge in [0.1, 0.15) is 0 Å². The summed E-state index contributed by atoms with van der Waals surface area (Å²) in [5.41, 5.74) is 8.42. The topological polar surface area (TPSA) is 92.5 Å². The van der Waals surface area contributed by atoms with Crippen LogP contribution >= 0.6 is 0 Å². The van der Waals surface area contributed by atoms with Crippen molar-refractivity contribution < 1.29 is 14.4 Å². The quantitative estimate of drug-likeness (QED) is 0.603. The minimum absolute atomic E-state index is 0.0329. The third-order valence-electron chi connectivity index (χ3n) is 4.53. The van der Waals surface area contributed by atoms with Crippen LogP contribution in [0, 0.1) is 0 Å². The van der Waals surface area contributed by atoms with Crippen molar-refractivity contribution >= 4 is 18.0 Å². The SMILES string of the molecule is NCc1ccc2c(c1)CN(C1CCC(C(=O)C=O)NC1)C2=O. The van der Waals surface area contributed by atoms with E-state index in [2.05, 4.69) is 5.32 Å². The molecule has 1 aromatic rings. The van der Waals surface area contributed by atoms with E-state index < -0.39 is 11.8 Å². The van der Waals surface area contributed by atoms with Crippen LogP contribution < -0.4 is 11.1 Å². The number of nitrogens with two attached hydrogens (primary N) is 1. The van der Waals surface area contributed by atoms with E-state index in [0.717, 1.165) is 23.1 Å². The summed E-state index contributed by atoms with van der Waals surface area (Å²) in [5, 5.41) is 3.07. The van der Waals surface area contributed by atoms with Gasteiger partial charge in [-0.25, -0.2) is 0 Å². The van der Waals surface area contributed by atoms with Crippen molar-refractivity contribution in [2.45, 2.75) is 38.0 Å². The van der Waals surface area contributed by atoms with Gasteiger partial charge in [0, 0.05) is 31.2 Å². The fourth-order valence-corrected chi connectivity index (χ4v) is 3.25. The van der Waals surface area contributed by atoms with Gasteiger partial charge in [-0.05, 0) is 30.0 Å². The zero-order valence-corrected chi connectivity index (χ0v) is 12.2. The molecule has 3 rings (SSSR count). The summed E-state index contributed by atoms with van der Waals surface area (Å²) in [4.78, 5) is 36.3. The Morgan fingerprint density at radius 3 is 2.86 bits per heavy atom. The smallest absolute Gasteiger partial charge is 0.254 e. The summed E-state index contributed by atoms with van der Waals surface area (Å²) in [6, 6.07) is 5.37. The number of carbonyl (C=O) groups excluding carboxylic acids is 3. The standard InChI is InChI=1S/C16H19N3O3/c17-6-10-1-3-13-11(5-10)8-19(16(13)22)12-2-4-14(18-7-12)15(21)9-20/h1,3,5,9,12,14,18H,2,4,6-8,17H2. The summed E-state index contributed by atoms with van der Waals surface area (Å²) >= 11 is 0. The summed E-state index contributed by atoms with van der Waals surface area (Å²) in [5.74, 6) is -0.382. The number of carbonyl (C=O) groups is 3. The lowest BCUT2D eigenvalue weighted by molar-refractivity contribution is -0.131. The number of nitrogens with one attached hydrogen (secondary N) is 1. The predicted molar refractivity (Wildman–Crippen MR) is 80.1 cm³/mol. The number of ketones is 1.